The van der Waals surface area contributed by atoms with E-state index in [1.165, 1.54) is 35.2 Å². The molecule has 284 valence electrons. The quantitative estimate of drug-likeness (QED) is 0.121. The molecule has 6 atom stereocenters. The number of amides is 4. The van der Waals surface area contributed by atoms with Gasteiger partial charge in [0.05, 0.1) is 40.1 Å². The molecule has 10 nitrogen and oxygen atoms in total. The first-order valence-electron chi connectivity index (χ1n) is 18.7. The van der Waals surface area contributed by atoms with Crippen molar-refractivity contribution in [2.24, 2.45) is 23.7 Å². The molecule has 0 aromatic heterocycles. The van der Waals surface area contributed by atoms with Gasteiger partial charge >= 0.3 is 5.97 Å². The molecule has 2 N–H and O–H groups in total. The van der Waals surface area contributed by atoms with Crippen molar-refractivity contribution in [3.8, 4) is 11.5 Å². The van der Waals surface area contributed by atoms with Crippen molar-refractivity contribution in [2.75, 3.05) is 9.80 Å². The maximum atomic E-state index is 15.5. The van der Waals surface area contributed by atoms with Crippen LogP contribution in [-0.4, -0.2) is 39.8 Å². The van der Waals surface area contributed by atoms with Gasteiger partial charge in [0.2, 0.25) is 23.6 Å². The van der Waals surface area contributed by atoms with Gasteiger partial charge in [0.25, 0.3) is 0 Å². The second kappa shape index (κ2) is 13.9. The number of nitrogens with zero attached hydrogens (tertiary/aromatic N) is 2. The Morgan fingerprint density at radius 3 is 2.16 bits per heavy atom. The number of fused-ring (bicyclic) bond motifs is 4. The number of carboxylic acids is 1. The molecule has 4 amide bonds. The minimum absolute atomic E-state index is 0.0566. The molecule has 2 aliphatic carbocycles. The minimum Gasteiger partial charge on any atom is -0.508 e. The summed E-state index contributed by atoms with van der Waals surface area (Å²) in [5, 5.41) is 22.0. The van der Waals surface area contributed by atoms with Crippen molar-refractivity contribution >= 4 is 52.6 Å². The SMILES string of the molecule is O=C(O)c1cccc(N2C(=O)[C@H]3[C@H](CC=C4[C@H]3C[C@H]3C(=O)N(c5cccc(Cl)c5)C(=O)[C@@]3(c3ccccc3)[C@H]4c3ccc(OCc4ccccc4)cc3O)C2=O)c1. The number of allylic oxidation sites excluding steroid dienone is 2. The molecule has 2 saturated heterocycles. The fourth-order valence-corrected chi connectivity index (χ4v) is 9.90. The first-order chi connectivity index (χ1) is 27.6. The van der Waals surface area contributed by atoms with Gasteiger partial charge in [-0.2, -0.15) is 0 Å². The summed E-state index contributed by atoms with van der Waals surface area (Å²) in [6, 6.07) is 35.8. The van der Waals surface area contributed by atoms with Crippen molar-refractivity contribution in [1.29, 1.82) is 0 Å². The van der Waals surface area contributed by atoms with E-state index in [0.29, 0.717) is 33.2 Å². The Hall–Kier alpha value is -6.52. The Bertz CT molecular complexity index is 2520. The zero-order chi connectivity index (χ0) is 39.6. The lowest BCUT2D eigenvalue weighted by Crippen LogP contribution is -2.53. The highest BCUT2D eigenvalue weighted by atomic mass is 35.5. The van der Waals surface area contributed by atoms with Crippen molar-refractivity contribution in [3.05, 3.63) is 166 Å². The molecule has 0 spiro atoms. The van der Waals surface area contributed by atoms with E-state index in [1.54, 1.807) is 48.5 Å². The Labute approximate surface area is 332 Å². The lowest BCUT2D eigenvalue weighted by molar-refractivity contribution is -0.127. The van der Waals surface area contributed by atoms with Crippen molar-refractivity contribution in [2.45, 2.75) is 30.8 Å². The highest BCUT2D eigenvalue weighted by Gasteiger charge is 2.70. The van der Waals surface area contributed by atoms with Gasteiger partial charge in [-0.3, -0.25) is 24.1 Å². The molecule has 2 aliphatic heterocycles. The maximum absolute atomic E-state index is 15.5. The van der Waals surface area contributed by atoms with Gasteiger partial charge in [0.15, 0.2) is 0 Å². The number of hydrogen-bond donors (Lipinski definition) is 2. The van der Waals surface area contributed by atoms with Crippen LogP contribution in [0.3, 0.4) is 0 Å². The minimum atomic E-state index is -1.58. The largest absolute Gasteiger partial charge is 0.508 e. The summed E-state index contributed by atoms with van der Waals surface area (Å²) in [5.41, 5.74) is 1.31. The first-order valence-corrected chi connectivity index (χ1v) is 19.1. The van der Waals surface area contributed by atoms with Gasteiger partial charge in [-0.25, -0.2) is 9.69 Å². The topological polar surface area (TPSA) is 142 Å². The summed E-state index contributed by atoms with van der Waals surface area (Å²) >= 11 is 6.42. The zero-order valence-electron chi connectivity index (χ0n) is 30.3. The number of carbonyl (C=O) groups is 5. The van der Waals surface area contributed by atoms with Gasteiger partial charge in [-0.15, -0.1) is 0 Å². The van der Waals surface area contributed by atoms with E-state index in [2.05, 4.69) is 0 Å². The van der Waals surface area contributed by atoms with Crippen LogP contribution in [0.1, 0.15) is 45.8 Å². The number of benzene rings is 5. The third kappa shape index (κ3) is 5.65. The summed E-state index contributed by atoms with van der Waals surface area (Å²) in [6.07, 6.45) is 2.11. The van der Waals surface area contributed by atoms with Crippen LogP contribution < -0.4 is 14.5 Å². The lowest BCUT2D eigenvalue weighted by atomic mass is 9.49. The van der Waals surface area contributed by atoms with Crippen LogP contribution in [0.4, 0.5) is 11.4 Å². The maximum Gasteiger partial charge on any atom is 0.335 e. The van der Waals surface area contributed by atoms with Crippen LogP contribution in [0.25, 0.3) is 0 Å². The van der Waals surface area contributed by atoms with E-state index >= 15 is 9.59 Å². The number of carboxylic acid groups (broad SMARTS) is 1. The van der Waals surface area contributed by atoms with Gasteiger partial charge < -0.3 is 14.9 Å². The van der Waals surface area contributed by atoms with Crippen LogP contribution in [0.2, 0.25) is 5.02 Å². The number of imide groups is 2. The van der Waals surface area contributed by atoms with Crippen molar-refractivity contribution in [3.63, 3.8) is 0 Å². The summed E-state index contributed by atoms with van der Waals surface area (Å²) < 4.78 is 6.06. The van der Waals surface area contributed by atoms with Crippen LogP contribution in [0.5, 0.6) is 11.5 Å². The van der Waals surface area contributed by atoms with Gasteiger partial charge in [0, 0.05) is 22.6 Å². The van der Waals surface area contributed by atoms with Crippen LogP contribution in [0.15, 0.2) is 139 Å². The number of anilines is 2. The molecule has 2 heterocycles. The molecule has 5 aromatic rings. The normalized spacial score (nSPS) is 25.1. The molecule has 1 saturated carbocycles. The monoisotopic (exact) mass is 778 g/mol. The molecule has 57 heavy (non-hydrogen) atoms. The molecule has 4 aliphatic rings. The molecule has 0 radical (unpaired) electrons. The second-order valence-electron chi connectivity index (χ2n) is 15.0. The molecule has 0 unspecified atom stereocenters. The smallest absolute Gasteiger partial charge is 0.335 e. The number of ether oxygens (including phenoxy) is 1. The van der Waals surface area contributed by atoms with Gasteiger partial charge in [-0.05, 0) is 72.4 Å². The van der Waals surface area contributed by atoms with Crippen LogP contribution in [-0.2, 0) is 31.2 Å². The number of aromatic hydroxyl groups is 1. The van der Waals surface area contributed by atoms with E-state index in [1.807, 2.05) is 54.6 Å². The molecular formula is C46H35ClN2O8. The Morgan fingerprint density at radius 1 is 0.754 bits per heavy atom. The second-order valence-corrected chi connectivity index (χ2v) is 15.4. The number of rotatable bonds is 8. The predicted molar refractivity (Wildman–Crippen MR) is 211 cm³/mol. The molecule has 0 bridgehead atoms. The fraction of sp³-hybridized carbons (Fsp3) is 0.196. The van der Waals surface area contributed by atoms with E-state index < -0.39 is 64.6 Å². The van der Waals surface area contributed by atoms with E-state index in [9.17, 15) is 24.6 Å². The summed E-state index contributed by atoms with van der Waals surface area (Å²) in [7, 11) is 0. The molecule has 9 rings (SSSR count). The first kappa shape index (κ1) is 36.1. The predicted octanol–water partition coefficient (Wildman–Crippen LogP) is 7.69. The Morgan fingerprint density at radius 2 is 1.46 bits per heavy atom. The van der Waals surface area contributed by atoms with Crippen molar-refractivity contribution < 1.29 is 38.9 Å². The number of carbonyl (C=O) groups excluding carboxylic acids is 4. The molecule has 5 aromatic carbocycles. The third-order valence-corrected chi connectivity index (χ3v) is 12.3. The molecular weight excluding hydrogens is 744 g/mol. The number of phenols is 1. The number of phenolic OH excluding ortho intramolecular Hbond substituents is 1. The van der Waals surface area contributed by atoms with E-state index in [4.69, 9.17) is 16.3 Å². The average molecular weight is 779 g/mol. The number of halogens is 1. The number of aromatic carboxylic acids is 1. The average Bonchev–Trinajstić information content (AvgIpc) is 3.61. The Kier molecular flexibility index (Phi) is 8.81. The standard InChI is InChI=1S/C46H35ClN2O8/c47-29-14-8-16-31(22-29)49-42(52)37-24-36-33(19-20-35-39(36)43(53)48(41(35)51)30-15-7-11-27(21-30)44(54)55)40(46(37,45(49)56)28-12-5-2-6-13-28)34-18-17-32(23-38(34)50)57-25-26-9-3-1-4-10-26/h1-19,21-23,35-37,39-40,50H,20,24-25H2,(H,54,55)/t35-,36+,37-,39-,40+,46+/m0/s1. The fourth-order valence-electron chi connectivity index (χ4n) is 9.72. The van der Waals surface area contributed by atoms with Gasteiger partial charge in [-0.1, -0.05) is 102 Å². The molecule has 11 heteroatoms. The molecule has 3 fully saturated rings. The zero-order valence-corrected chi connectivity index (χ0v) is 31.1. The third-order valence-electron chi connectivity index (χ3n) is 12.1. The van der Waals surface area contributed by atoms with Crippen LogP contribution in [0, 0.1) is 23.7 Å². The lowest BCUT2D eigenvalue weighted by Gasteiger charge is -2.50. The van der Waals surface area contributed by atoms with E-state index in [-0.39, 0.29) is 36.4 Å². The Balaban J connectivity index is 1.21. The number of hydrogen-bond acceptors (Lipinski definition) is 7. The van der Waals surface area contributed by atoms with Crippen LogP contribution >= 0.6 is 11.6 Å². The van der Waals surface area contributed by atoms with E-state index in [0.717, 1.165) is 10.5 Å². The summed E-state index contributed by atoms with van der Waals surface area (Å²) in [4.78, 5) is 73.4. The summed E-state index contributed by atoms with van der Waals surface area (Å²) in [6.45, 7) is 0.249. The highest BCUT2D eigenvalue weighted by Crippen LogP contribution is 2.65. The van der Waals surface area contributed by atoms with Crippen molar-refractivity contribution in [1.82, 2.24) is 0 Å². The summed E-state index contributed by atoms with van der Waals surface area (Å²) in [5.74, 6) is -7.31. The highest BCUT2D eigenvalue weighted by molar-refractivity contribution is 6.32. The van der Waals surface area contributed by atoms with Gasteiger partial charge in [0.1, 0.15) is 18.1 Å².